The van der Waals surface area contributed by atoms with Gasteiger partial charge in [0.15, 0.2) is 0 Å². The van der Waals surface area contributed by atoms with Gasteiger partial charge in [-0.2, -0.15) is 4.31 Å². The van der Waals surface area contributed by atoms with Gasteiger partial charge in [-0.1, -0.05) is 60.7 Å². The van der Waals surface area contributed by atoms with Crippen LogP contribution in [0.4, 0.5) is 0 Å². The number of aryl methyl sites for hydroxylation is 1. The molecule has 0 bridgehead atoms. The molecule has 38 heavy (non-hydrogen) atoms. The van der Waals surface area contributed by atoms with Crippen molar-refractivity contribution in [1.29, 1.82) is 0 Å². The fourth-order valence-corrected chi connectivity index (χ4v) is 6.04. The number of amides is 1. The van der Waals surface area contributed by atoms with Gasteiger partial charge in [0, 0.05) is 26.2 Å². The molecular weight excluding hydrogens is 502 g/mol. The van der Waals surface area contributed by atoms with Crippen LogP contribution < -0.4 is 0 Å². The summed E-state index contributed by atoms with van der Waals surface area (Å²) in [5.41, 5.74) is 1.67. The van der Waals surface area contributed by atoms with Gasteiger partial charge >= 0.3 is 0 Å². The number of morpholine rings is 1. The number of sulfonamides is 1. The summed E-state index contributed by atoms with van der Waals surface area (Å²) >= 11 is 0. The predicted molar refractivity (Wildman–Crippen MR) is 147 cm³/mol. The number of nitrogens with zero attached hydrogens (tertiary/aromatic N) is 3. The van der Waals surface area contributed by atoms with Gasteiger partial charge in [-0.3, -0.25) is 9.69 Å². The Labute approximate surface area is 225 Å². The maximum Gasteiger partial charge on any atom is 0.238 e. The molecule has 3 aromatic rings. The molecule has 0 spiro atoms. The van der Waals surface area contributed by atoms with Crippen molar-refractivity contribution < 1.29 is 22.4 Å². The Morgan fingerprint density at radius 1 is 0.895 bits per heavy atom. The van der Waals surface area contributed by atoms with E-state index in [9.17, 15) is 13.2 Å². The van der Waals surface area contributed by atoms with Gasteiger partial charge in [0.05, 0.1) is 32.1 Å². The van der Waals surface area contributed by atoms with Crippen molar-refractivity contribution in [2.45, 2.75) is 32.2 Å². The highest BCUT2D eigenvalue weighted by Crippen LogP contribution is 2.17. The molecule has 0 unspecified atom stereocenters. The number of benzene rings is 2. The summed E-state index contributed by atoms with van der Waals surface area (Å²) in [7, 11) is -3.73. The Balaban J connectivity index is 1.50. The van der Waals surface area contributed by atoms with E-state index in [1.807, 2.05) is 67.6 Å². The quantitative estimate of drug-likeness (QED) is 0.330. The van der Waals surface area contributed by atoms with E-state index >= 15 is 0 Å². The highest BCUT2D eigenvalue weighted by atomic mass is 32.2. The van der Waals surface area contributed by atoms with Gasteiger partial charge in [-0.25, -0.2) is 8.42 Å². The normalized spacial score (nSPS) is 14.6. The van der Waals surface area contributed by atoms with Crippen molar-refractivity contribution in [3.8, 4) is 0 Å². The average Bonchev–Trinajstić information content (AvgIpc) is 3.33. The van der Waals surface area contributed by atoms with Crippen molar-refractivity contribution >= 4 is 15.9 Å². The van der Waals surface area contributed by atoms with Crippen molar-refractivity contribution in [2.75, 3.05) is 45.9 Å². The molecule has 0 saturated carbocycles. The highest BCUT2D eigenvalue weighted by molar-refractivity contribution is 7.88. The molecule has 0 atom stereocenters. The molecule has 204 valence electrons. The zero-order chi connectivity index (χ0) is 26.8. The van der Waals surface area contributed by atoms with Crippen molar-refractivity contribution in [3.63, 3.8) is 0 Å². The van der Waals surface area contributed by atoms with Gasteiger partial charge in [0.2, 0.25) is 15.9 Å². The van der Waals surface area contributed by atoms with E-state index in [1.165, 1.54) is 4.31 Å². The number of hydrogen-bond donors (Lipinski definition) is 0. The lowest BCUT2D eigenvalue weighted by Gasteiger charge is -2.29. The molecule has 0 N–H and O–H groups in total. The molecule has 1 aromatic heterocycles. The average molecular weight is 540 g/mol. The van der Waals surface area contributed by atoms with Crippen LogP contribution in [-0.4, -0.2) is 74.4 Å². The number of furan rings is 1. The lowest BCUT2D eigenvalue weighted by Crippen LogP contribution is -2.44. The molecular formula is C29H37N3O5S. The number of carbonyl (C=O) groups excluding carboxylic acids is 1. The SMILES string of the molecule is Cc1ccc(CN(Cc2ccccc2)C(=O)CN(CCCN2CCOCC2)S(=O)(=O)Cc2ccccc2)o1. The Morgan fingerprint density at radius 2 is 1.55 bits per heavy atom. The second-order valence-corrected chi connectivity index (χ2v) is 11.6. The zero-order valence-electron chi connectivity index (χ0n) is 22.0. The molecule has 1 amide bonds. The molecule has 1 aliphatic heterocycles. The summed E-state index contributed by atoms with van der Waals surface area (Å²) < 4.78 is 39.6. The summed E-state index contributed by atoms with van der Waals surface area (Å²) in [4.78, 5) is 17.6. The minimum Gasteiger partial charge on any atom is -0.464 e. The van der Waals surface area contributed by atoms with Crippen LogP contribution in [0.3, 0.4) is 0 Å². The summed E-state index contributed by atoms with van der Waals surface area (Å²) in [5.74, 6) is 1.03. The molecule has 4 rings (SSSR count). The third-order valence-electron chi connectivity index (χ3n) is 6.59. The molecule has 2 aromatic carbocycles. The van der Waals surface area contributed by atoms with E-state index in [0.29, 0.717) is 37.5 Å². The van der Waals surface area contributed by atoms with Crippen LogP contribution in [0.1, 0.15) is 29.1 Å². The maximum atomic E-state index is 13.7. The molecule has 0 aliphatic carbocycles. The minimum atomic E-state index is -3.73. The Hall–Kier alpha value is -2.98. The molecule has 1 saturated heterocycles. The first kappa shape index (κ1) is 28.0. The van der Waals surface area contributed by atoms with E-state index in [-0.39, 0.29) is 31.3 Å². The minimum absolute atomic E-state index is 0.144. The van der Waals surface area contributed by atoms with E-state index in [1.54, 1.807) is 17.0 Å². The monoisotopic (exact) mass is 539 g/mol. The molecule has 8 nitrogen and oxygen atoms in total. The summed E-state index contributed by atoms with van der Waals surface area (Å²) in [6.07, 6.45) is 0.636. The molecule has 0 radical (unpaired) electrons. The van der Waals surface area contributed by atoms with Crippen LogP contribution in [-0.2, 0) is 38.4 Å². The summed E-state index contributed by atoms with van der Waals surface area (Å²) in [5, 5.41) is 0. The largest absolute Gasteiger partial charge is 0.464 e. The lowest BCUT2D eigenvalue weighted by atomic mass is 10.2. The van der Waals surface area contributed by atoms with Crippen molar-refractivity contribution in [1.82, 2.24) is 14.1 Å². The van der Waals surface area contributed by atoms with Crippen LogP contribution in [0, 0.1) is 6.92 Å². The number of carbonyl (C=O) groups is 1. The van der Waals surface area contributed by atoms with Gasteiger partial charge in [0.1, 0.15) is 11.5 Å². The van der Waals surface area contributed by atoms with E-state index in [0.717, 1.165) is 31.0 Å². The molecule has 1 fully saturated rings. The Bertz CT molecular complexity index is 1240. The van der Waals surface area contributed by atoms with E-state index in [4.69, 9.17) is 9.15 Å². The summed E-state index contributed by atoms with van der Waals surface area (Å²) in [6.45, 7) is 6.36. The van der Waals surface area contributed by atoms with Crippen LogP contribution in [0.25, 0.3) is 0 Å². The second kappa shape index (κ2) is 13.7. The van der Waals surface area contributed by atoms with Crippen LogP contribution in [0.2, 0.25) is 0 Å². The standard InChI is InChI=1S/C29H37N3O5S/c1-25-13-14-28(37-25)22-31(21-26-9-4-2-5-10-26)29(33)23-32(16-8-15-30-17-19-36-20-18-30)38(34,35)24-27-11-6-3-7-12-27/h2-7,9-14H,8,15-24H2,1H3. The van der Waals surface area contributed by atoms with Gasteiger partial charge < -0.3 is 14.1 Å². The van der Waals surface area contributed by atoms with Crippen LogP contribution in [0.15, 0.2) is 77.2 Å². The maximum absolute atomic E-state index is 13.7. The Kier molecular flexibility index (Phi) is 10.1. The van der Waals surface area contributed by atoms with Gasteiger partial charge in [-0.15, -0.1) is 0 Å². The van der Waals surface area contributed by atoms with E-state index in [2.05, 4.69) is 4.90 Å². The molecule has 2 heterocycles. The van der Waals surface area contributed by atoms with Crippen molar-refractivity contribution in [3.05, 3.63) is 95.4 Å². The topological polar surface area (TPSA) is 83.3 Å². The first-order chi connectivity index (χ1) is 18.4. The second-order valence-electron chi connectivity index (χ2n) is 9.63. The van der Waals surface area contributed by atoms with E-state index < -0.39 is 10.0 Å². The smallest absolute Gasteiger partial charge is 0.238 e. The first-order valence-corrected chi connectivity index (χ1v) is 14.7. The first-order valence-electron chi connectivity index (χ1n) is 13.1. The Morgan fingerprint density at radius 3 is 2.18 bits per heavy atom. The van der Waals surface area contributed by atoms with Gasteiger partial charge in [-0.05, 0) is 43.1 Å². The molecule has 1 aliphatic rings. The zero-order valence-corrected chi connectivity index (χ0v) is 22.8. The number of rotatable bonds is 13. The fraction of sp³-hybridized carbons (Fsp3) is 0.414. The summed E-state index contributed by atoms with van der Waals surface area (Å²) in [6, 6.07) is 22.5. The number of hydrogen-bond acceptors (Lipinski definition) is 6. The van der Waals surface area contributed by atoms with Crippen molar-refractivity contribution in [2.24, 2.45) is 0 Å². The van der Waals surface area contributed by atoms with Crippen LogP contribution in [0.5, 0.6) is 0 Å². The fourth-order valence-electron chi connectivity index (χ4n) is 4.53. The van der Waals surface area contributed by atoms with Crippen LogP contribution >= 0.6 is 0 Å². The third kappa shape index (κ3) is 8.52. The number of ether oxygens (including phenoxy) is 1. The predicted octanol–water partition coefficient (Wildman–Crippen LogP) is 3.67. The lowest BCUT2D eigenvalue weighted by molar-refractivity contribution is -0.133. The molecule has 9 heteroatoms. The van der Waals surface area contributed by atoms with Gasteiger partial charge in [0.25, 0.3) is 0 Å². The third-order valence-corrected chi connectivity index (χ3v) is 8.39. The highest BCUT2D eigenvalue weighted by Gasteiger charge is 2.28.